The lowest BCUT2D eigenvalue weighted by atomic mass is 9.83. The van der Waals surface area contributed by atoms with Gasteiger partial charge in [0.15, 0.2) is 0 Å². The SMILES string of the molecule is CC(C)c1cccc(-c2c3ccccc3c(-c3ccc(-c4ccccc4)c(-c4ccccc4-c4cccc(-c5cccc6ccccc56)c4)c3)c3ccccc23)c1. The lowest BCUT2D eigenvalue weighted by Gasteiger charge is -2.20. The van der Waals surface area contributed by atoms with Gasteiger partial charge >= 0.3 is 0 Å². The quantitative estimate of drug-likeness (QED) is 0.143. The second-order valence-corrected chi connectivity index (χ2v) is 15.4. The average molecular weight is 727 g/mol. The van der Waals surface area contributed by atoms with Crippen LogP contribution in [0.5, 0.6) is 0 Å². The molecule has 0 aliphatic carbocycles. The van der Waals surface area contributed by atoms with E-state index in [2.05, 4.69) is 226 Å². The third-order valence-corrected chi connectivity index (χ3v) is 11.7. The third-order valence-electron chi connectivity index (χ3n) is 11.7. The van der Waals surface area contributed by atoms with Crippen molar-refractivity contribution in [2.24, 2.45) is 0 Å². The number of rotatable bonds is 7. The minimum absolute atomic E-state index is 0.451. The van der Waals surface area contributed by atoms with E-state index < -0.39 is 0 Å². The number of hydrogen-bond donors (Lipinski definition) is 0. The van der Waals surface area contributed by atoms with Crippen molar-refractivity contribution in [2.45, 2.75) is 19.8 Å². The Bertz CT molecular complexity index is 3030. The molecule has 10 rings (SSSR count). The monoisotopic (exact) mass is 726 g/mol. The fourth-order valence-electron chi connectivity index (χ4n) is 8.90. The van der Waals surface area contributed by atoms with E-state index in [1.807, 2.05) is 0 Å². The van der Waals surface area contributed by atoms with Crippen LogP contribution in [0.15, 0.2) is 212 Å². The fourth-order valence-corrected chi connectivity index (χ4v) is 8.90. The van der Waals surface area contributed by atoms with Crippen LogP contribution in [0.2, 0.25) is 0 Å². The lowest BCUT2D eigenvalue weighted by Crippen LogP contribution is -1.94. The molecular formula is C57H42. The van der Waals surface area contributed by atoms with E-state index in [0.717, 1.165) is 0 Å². The molecule has 57 heavy (non-hydrogen) atoms. The fraction of sp³-hybridized carbons (Fsp3) is 0.0526. The summed E-state index contributed by atoms with van der Waals surface area (Å²) in [6.07, 6.45) is 0. The van der Waals surface area contributed by atoms with Gasteiger partial charge in [-0.2, -0.15) is 0 Å². The van der Waals surface area contributed by atoms with Crippen LogP contribution in [0, 0.1) is 0 Å². The summed E-state index contributed by atoms with van der Waals surface area (Å²) < 4.78 is 0. The highest BCUT2D eigenvalue weighted by atomic mass is 14.2. The summed E-state index contributed by atoms with van der Waals surface area (Å²) in [6, 6.07) is 78.3. The molecule has 0 bridgehead atoms. The maximum atomic E-state index is 2.45. The summed E-state index contributed by atoms with van der Waals surface area (Å²) >= 11 is 0. The molecule has 0 aliphatic rings. The van der Waals surface area contributed by atoms with Crippen LogP contribution in [0.3, 0.4) is 0 Å². The Morgan fingerprint density at radius 1 is 0.263 bits per heavy atom. The second kappa shape index (κ2) is 14.6. The molecule has 0 heterocycles. The predicted molar refractivity (Wildman–Crippen MR) is 246 cm³/mol. The van der Waals surface area contributed by atoms with E-state index in [4.69, 9.17) is 0 Å². The van der Waals surface area contributed by atoms with Crippen LogP contribution in [0.4, 0.5) is 0 Å². The van der Waals surface area contributed by atoms with Crippen LogP contribution in [-0.2, 0) is 0 Å². The van der Waals surface area contributed by atoms with Crippen molar-refractivity contribution in [1.29, 1.82) is 0 Å². The lowest BCUT2D eigenvalue weighted by molar-refractivity contribution is 0.867. The standard InChI is InChI=1S/C57H42/c1-38(2)41-21-14-24-44(35-41)56-51-28-10-12-30-53(51)57(54-31-13-11-29-52(54)56)45-33-34-49(39-17-4-3-5-18-39)55(37-45)50-27-9-8-26-48(50)43-23-15-22-42(36-43)47-32-16-20-40-19-6-7-25-46(40)47/h3-38H,1-2H3. The van der Waals surface area contributed by atoms with E-state index >= 15 is 0 Å². The first-order chi connectivity index (χ1) is 28.1. The van der Waals surface area contributed by atoms with Gasteiger partial charge in [0.05, 0.1) is 0 Å². The zero-order valence-corrected chi connectivity index (χ0v) is 32.3. The molecule has 0 atom stereocenters. The molecule has 0 nitrogen and oxygen atoms in total. The molecule has 0 unspecified atom stereocenters. The van der Waals surface area contributed by atoms with E-state index in [-0.39, 0.29) is 0 Å². The minimum Gasteiger partial charge on any atom is -0.0622 e. The van der Waals surface area contributed by atoms with Gasteiger partial charge in [-0.1, -0.05) is 214 Å². The normalized spacial score (nSPS) is 11.5. The Hall–Kier alpha value is -7.02. The van der Waals surface area contributed by atoms with Crippen molar-refractivity contribution >= 4 is 32.3 Å². The van der Waals surface area contributed by atoms with Crippen LogP contribution in [-0.4, -0.2) is 0 Å². The Kier molecular flexibility index (Phi) is 8.81. The molecule has 0 saturated heterocycles. The molecule has 10 aromatic rings. The van der Waals surface area contributed by atoms with Gasteiger partial charge in [-0.3, -0.25) is 0 Å². The van der Waals surface area contributed by atoms with E-state index in [1.54, 1.807) is 0 Å². The average Bonchev–Trinajstić information content (AvgIpc) is 3.28. The molecule has 0 fully saturated rings. The van der Waals surface area contributed by atoms with E-state index in [0.29, 0.717) is 5.92 Å². The van der Waals surface area contributed by atoms with Gasteiger partial charge in [0.25, 0.3) is 0 Å². The summed E-state index contributed by atoms with van der Waals surface area (Å²) in [5, 5.41) is 7.58. The summed E-state index contributed by atoms with van der Waals surface area (Å²) in [7, 11) is 0. The number of fused-ring (bicyclic) bond motifs is 3. The maximum absolute atomic E-state index is 2.45. The Morgan fingerprint density at radius 2 is 0.719 bits per heavy atom. The van der Waals surface area contributed by atoms with Gasteiger partial charge in [0.2, 0.25) is 0 Å². The van der Waals surface area contributed by atoms with Gasteiger partial charge in [-0.25, -0.2) is 0 Å². The van der Waals surface area contributed by atoms with Gasteiger partial charge in [0.1, 0.15) is 0 Å². The van der Waals surface area contributed by atoms with Crippen LogP contribution >= 0.6 is 0 Å². The van der Waals surface area contributed by atoms with Gasteiger partial charge in [0, 0.05) is 0 Å². The van der Waals surface area contributed by atoms with Crippen molar-refractivity contribution < 1.29 is 0 Å². The Labute approximate surface area is 335 Å². The topological polar surface area (TPSA) is 0 Å². The van der Waals surface area contributed by atoms with Crippen LogP contribution in [0.25, 0.3) is 99.1 Å². The molecule has 0 amide bonds. The van der Waals surface area contributed by atoms with Crippen LogP contribution < -0.4 is 0 Å². The van der Waals surface area contributed by atoms with Gasteiger partial charge in [-0.05, 0) is 123 Å². The van der Waals surface area contributed by atoms with Crippen LogP contribution in [0.1, 0.15) is 25.3 Å². The summed E-state index contributed by atoms with van der Waals surface area (Å²) in [5.41, 5.74) is 16.1. The van der Waals surface area contributed by atoms with E-state index in [9.17, 15) is 0 Å². The molecule has 0 radical (unpaired) electrons. The molecule has 0 saturated carbocycles. The second-order valence-electron chi connectivity index (χ2n) is 15.4. The highest BCUT2D eigenvalue weighted by Gasteiger charge is 2.20. The predicted octanol–water partition coefficient (Wildman–Crippen LogP) is 16.3. The first kappa shape index (κ1) is 34.5. The minimum atomic E-state index is 0.451. The first-order valence-electron chi connectivity index (χ1n) is 20.0. The number of hydrogen-bond acceptors (Lipinski definition) is 0. The third kappa shape index (κ3) is 6.21. The molecule has 0 aliphatic heterocycles. The Balaban J connectivity index is 1.21. The zero-order chi connectivity index (χ0) is 38.3. The highest BCUT2D eigenvalue weighted by Crippen LogP contribution is 2.47. The van der Waals surface area contributed by atoms with Gasteiger partial charge < -0.3 is 0 Å². The smallest absolute Gasteiger partial charge is 0.00261 e. The van der Waals surface area contributed by atoms with Crippen molar-refractivity contribution in [3.8, 4) is 66.8 Å². The highest BCUT2D eigenvalue weighted by molar-refractivity contribution is 6.21. The summed E-state index contributed by atoms with van der Waals surface area (Å²) in [4.78, 5) is 0. The summed E-state index contributed by atoms with van der Waals surface area (Å²) in [6.45, 7) is 4.55. The molecule has 0 spiro atoms. The van der Waals surface area contributed by atoms with Crippen molar-refractivity contribution in [2.75, 3.05) is 0 Å². The van der Waals surface area contributed by atoms with Crippen molar-refractivity contribution in [3.63, 3.8) is 0 Å². The zero-order valence-electron chi connectivity index (χ0n) is 32.3. The molecule has 270 valence electrons. The van der Waals surface area contributed by atoms with E-state index in [1.165, 1.54) is 105 Å². The molecule has 10 aromatic carbocycles. The number of benzene rings is 10. The van der Waals surface area contributed by atoms with Crippen molar-refractivity contribution in [1.82, 2.24) is 0 Å². The largest absolute Gasteiger partial charge is 0.0622 e. The molecular weight excluding hydrogens is 685 g/mol. The maximum Gasteiger partial charge on any atom is -0.00261 e. The first-order valence-corrected chi connectivity index (χ1v) is 20.0. The molecule has 0 aromatic heterocycles. The Morgan fingerprint density at radius 3 is 1.40 bits per heavy atom. The molecule has 0 N–H and O–H groups in total. The summed E-state index contributed by atoms with van der Waals surface area (Å²) in [5.74, 6) is 0.451. The van der Waals surface area contributed by atoms with Gasteiger partial charge in [-0.15, -0.1) is 0 Å². The van der Waals surface area contributed by atoms with Crippen molar-refractivity contribution in [3.05, 3.63) is 218 Å². The molecule has 0 heteroatoms.